The molecule has 2 N–H and O–H groups in total. The number of amides is 1. The third-order valence-electron chi connectivity index (χ3n) is 5.59. The maximum absolute atomic E-state index is 12.3. The number of imidazole rings is 1. The number of hydrogen-bond donors (Lipinski definition) is 2. The normalized spacial score (nSPS) is 14.8. The van der Waals surface area contributed by atoms with E-state index in [1.54, 1.807) is 4.90 Å². The Labute approximate surface area is 171 Å². The Morgan fingerprint density at radius 3 is 2.79 bits per heavy atom. The number of nitrogens with one attached hydrogen (secondary N) is 2. The molecule has 0 saturated carbocycles. The summed E-state index contributed by atoms with van der Waals surface area (Å²) in [6.07, 6.45) is 3.96. The maximum atomic E-state index is 12.3. The Balaban J connectivity index is 1.40. The zero-order valence-corrected chi connectivity index (χ0v) is 17.2. The lowest BCUT2D eigenvalue weighted by Gasteiger charge is -2.23. The van der Waals surface area contributed by atoms with Crippen LogP contribution in [0.25, 0.3) is 11.0 Å². The Bertz CT molecular complexity index is 1010. The summed E-state index contributed by atoms with van der Waals surface area (Å²) in [6.45, 7) is 5.39. The monoisotopic (exact) mass is 393 g/mol. The molecule has 1 fully saturated rings. The smallest absolute Gasteiger partial charge is 0.262 e. The number of likely N-dealkylation sites (tertiary alicyclic amines) is 1. The van der Waals surface area contributed by atoms with Crippen molar-refractivity contribution >= 4 is 22.6 Å². The van der Waals surface area contributed by atoms with Gasteiger partial charge in [0.2, 0.25) is 0 Å². The lowest BCUT2D eigenvalue weighted by Crippen LogP contribution is -3.11. The SMILES string of the molecule is Cc1cccc(OCC(=O)Nc2ccc3c(c2)nc(C[NH+]2CCCCC2)n3C)c1. The van der Waals surface area contributed by atoms with Crippen molar-refractivity contribution in [1.82, 2.24) is 9.55 Å². The first kappa shape index (κ1) is 19.5. The van der Waals surface area contributed by atoms with Crippen molar-refractivity contribution in [2.45, 2.75) is 32.7 Å². The molecule has 1 aliphatic rings. The number of nitrogens with zero attached hydrogens (tertiary/aromatic N) is 2. The fraction of sp³-hybridized carbons (Fsp3) is 0.391. The molecule has 2 heterocycles. The van der Waals surface area contributed by atoms with Crippen molar-refractivity contribution in [2.24, 2.45) is 7.05 Å². The minimum absolute atomic E-state index is 0.0206. The molecule has 1 saturated heterocycles. The molecule has 1 aromatic heterocycles. The van der Waals surface area contributed by atoms with E-state index in [0.717, 1.165) is 34.7 Å². The Morgan fingerprint density at radius 2 is 2.00 bits per heavy atom. The number of hydrogen-bond acceptors (Lipinski definition) is 3. The summed E-state index contributed by atoms with van der Waals surface area (Å²) < 4.78 is 7.75. The Hall–Kier alpha value is -2.86. The number of benzene rings is 2. The van der Waals surface area contributed by atoms with Gasteiger partial charge in [0, 0.05) is 12.7 Å². The molecule has 2 aromatic carbocycles. The summed E-state index contributed by atoms with van der Waals surface area (Å²) in [5.74, 6) is 1.62. The van der Waals surface area contributed by atoms with Crippen LogP contribution in [0.3, 0.4) is 0 Å². The molecule has 152 valence electrons. The number of rotatable bonds is 6. The molecular formula is C23H29N4O2+. The highest BCUT2D eigenvalue weighted by molar-refractivity contribution is 5.94. The minimum Gasteiger partial charge on any atom is -0.484 e. The van der Waals surface area contributed by atoms with Gasteiger partial charge in [0.25, 0.3) is 5.91 Å². The summed E-state index contributed by atoms with van der Waals surface area (Å²) >= 11 is 0. The van der Waals surface area contributed by atoms with Crippen LogP contribution in [0.4, 0.5) is 5.69 Å². The highest BCUT2D eigenvalue weighted by Crippen LogP contribution is 2.20. The van der Waals surface area contributed by atoms with Gasteiger partial charge in [0.15, 0.2) is 12.4 Å². The van der Waals surface area contributed by atoms with Gasteiger partial charge in [-0.2, -0.15) is 0 Å². The van der Waals surface area contributed by atoms with Crippen molar-refractivity contribution in [3.63, 3.8) is 0 Å². The lowest BCUT2D eigenvalue weighted by molar-refractivity contribution is -0.919. The second kappa shape index (κ2) is 8.66. The van der Waals surface area contributed by atoms with E-state index in [2.05, 4.69) is 16.9 Å². The number of quaternary nitrogens is 1. The fourth-order valence-electron chi connectivity index (χ4n) is 3.99. The molecule has 6 heteroatoms. The number of fused-ring (bicyclic) bond motifs is 1. The van der Waals surface area contributed by atoms with Crippen LogP contribution in [0.15, 0.2) is 42.5 Å². The van der Waals surface area contributed by atoms with Gasteiger partial charge >= 0.3 is 0 Å². The van der Waals surface area contributed by atoms with Crippen LogP contribution in [0, 0.1) is 6.92 Å². The molecule has 3 aromatic rings. The van der Waals surface area contributed by atoms with E-state index in [1.165, 1.54) is 32.4 Å². The van der Waals surface area contributed by atoms with E-state index in [-0.39, 0.29) is 12.5 Å². The standard InChI is InChI=1S/C23H28N4O2/c1-17-7-6-8-19(13-17)29-16-23(28)24-18-9-10-21-20(14-18)25-22(26(21)2)15-27-11-4-3-5-12-27/h6-10,13-14H,3-5,11-12,15-16H2,1-2H3,(H,24,28)/p+1. The van der Waals surface area contributed by atoms with Gasteiger partial charge in [0.1, 0.15) is 12.3 Å². The average Bonchev–Trinajstić information content (AvgIpc) is 3.02. The van der Waals surface area contributed by atoms with E-state index in [9.17, 15) is 4.79 Å². The number of piperidine rings is 1. The molecule has 0 atom stereocenters. The molecule has 0 radical (unpaired) electrons. The van der Waals surface area contributed by atoms with E-state index in [4.69, 9.17) is 9.72 Å². The molecule has 0 unspecified atom stereocenters. The number of ether oxygens (including phenoxy) is 1. The number of carbonyl (C=O) groups excluding carboxylic acids is 1. The van der Waals surface area contributed by atoms with Gasteiger partial charge in [-0.3, -0.25) is 4.79 Å². The van der Waals surface area contributed by atoms with Crippen molar-refractivity contribution in [2.75, 3.05) is 25.0 Å². The molecule has 0 aliphatic carbocycles. The summed E-state index contributed by atoms with van der Waals surface area (Å²) in [6, 6.07) is 13.6. The van der Waals surface area contributed by atoms with Crippen LogP contribution in [0.2, 0.25) is 0 Å². The number of aryl methyl sites for hydroxylation is 2. The second-order valence-electron chi connectivity index (χ2n) is 7.93. The number of anilines is 1. The zero-order chi connectivity index (χ0) is 20.2. The minimum atomic E-state index is -0.181. The molecule has 6 nitrogen and oxygen atoms in total. The van der Waals surface area contributed by atoms with Gasteiger partial charge in [-0.05, 0) is 62.1 Å². The van der Waals surface area contributed by atoms with E-state index in [0.29, 0.717) is 5.75 Å². The quantitative estimate of drug-likeness (QED) is 0.676. The van der Waals surface area contributed by atoms with Gasteiger partial charge in [-0.15, -0.1) is 0 Å². The summed E-state index contributed by atoms with van der Waals surface area (Å²) in [7, 11) is 2.07. The topological polar surface area (TPSA) is 60.6 Å². The highest BCUT2D eigenvalue weighted by Gasteiger charge is 2.18. The largest absolute Gasteiger partial charge is 0.484 e. The summed E-state index contributed by atoms with van der Waals surface area (Å²) in [5.41, 5.74) is 3.85. The van der Waals surface area contributed by atoms with Crippen LogP contribution in [-0.4, -0.2) is 35.2 Å². The third kappa shape index (κ3) is 4.77. The highest BCUT2D eigenvalue weighted by atomic mass is 16.5. The van der Waals surface area contributed by atoms with Crippen LogP contribution >= 0.6 is 0 Å². The number of carbonyl (C=O) groups is 1. The van der Waals surface area contributed by atoms with Crippen LogP contribution in [0.5, 0.6) is 5.75 Å². The van der Waals surface area contributed by atoms with Crippen LogP contribution in [0.1, 0.15) is 30.7 Å². The first-order valence-corrected chi connectivity index (χ1v) is 10.4. The predicted octanol–water partition coefficient (Wildman–Crippen LogP) is 2.47. The molecule has 4 rings (SSSR count). The van der Waals surface area contributed by atoms with E-state index in [1.807, 2.05) is 49.4 Å². The van der Waals surface area contributed by atoms with Gasteiger partial charge in [0.05, 0.1) is 24.1 Å². The molecule has 0 bridgehead atoms. The molecule has 29 heavy (non-hydrogen) atoms. The van der Waals surface area contributed by atoms with Crippen molar-refractivity contribution in [1.29, 1.82) is 0 Å². The van der Waals surface area contributed by atoms with Crippen LogP contribution in [-0.2, 0) is 18.4 Å². The molecule has 1 amide bonds. The average molecular weight is 394 g/mol. The Morgan fingerprint density at radius 1 is 1.17 bits per heavy atom. The van der Waals surface area contributed by atoms with E-state index < -0.39 is 0 Å². The maximum Gasteiger partial charge on any atom is 0.262 e. The second-order valence-corrected chi connectivity index (χ2v) is 7.93. The van der Waals surface area contributed by atoms with Gasteiger partial charge in [-0.1, -0.05) is 12.1 Å². The Kier molecular flexibility index (Phi) is 5.81. The predicted molar refractivity (Wildman–Crippen MR) is 114 cm³/mol. The first-order chi connectivity index (χ1) is 14.1. The summed E-state index contributed by atoms with van der Waals surface area (Å²) in [4.78, 5) is 18.7. The first-order valence-electron chi connectivity index (χ1n) is 10.4. The van der Waals surface area contributed by atoms with Crippen LogP contribution < -0.4 is 15.0 Å². The van der Waals surface area contributed by atoms with E-state index >= 15 is 0 Å². The van der Waals surface area contributed by atoms with Gasteiger partial charge in [-0.25, -0.2) is 4.98 Å². The van der Waals surface area contributed by atoms with Crippen molar-refractivity contribution in [3.8, 4) is 5.75 Å². The zero-order valence-electron chi connectivity index (χ0n) is 17.2. The van der Waals surface area contributed by atoms with Crippen molar-refractivity contribution in [3.05, 3.63) is 53.9 Å². The lowest BCUT2D eigenvalue weighted by atomic mass is 10.1. The third-order valence-corrected chi connectivity index (χ3v) is 5.59. The number of aromatic nitrogens is 2. The molecular weight excluding hydrogens is 364 g/mol. The van der Waals surface area contributed by atoms with Crippen molar-refractivity contribution < 1.29 is 14.4 Å². The van der Waals surface area contributed by atoms with Gasteiger partial charge < -0.3 is 19.5 Å². The molecule has 0 spiro atoms. The summed E-state index contributed by atoms with van der Waals surface area (Å²) in [5, 5.41) is 2.91. The fourth-order valence-corrected chi connectivity index (χ4v) is 3.99. The molecule has 1 aliphatic heterocycles.